The second-order valence-electron chi connectivity index (χ2n) is 7.80. The lowest BCUT2D eigenvalue weighted by molar-refractivity contribution is -0.128. The molecule has 1 fully saturated rings. The average molecular weight is 550 g/mol. The second-order valence-corrected chi connectivity index (χ2v) is 7.80. The van der Waals surface area contributed by atoms with Gasteiger partial charge < -0.3 is 25.0 Å². The van der Waals surface area contributed by atoms with Crippen molar-refractivity contribution in [2.75, 3.05) is 26.4 Å². The van der Waals surface area contributed by atoms with E-state index in [0.717, 1.165) is 61.1 Å². The molecule has 0 saturated carbocycles. The summed E-state index contributed by atoms with van der Waals surface area (Å²) in [5, 5.41) is 6.70. The molecule has 172 valence electrons. The number of nitrogens with one attached hydrogen (secondary N) is 2. The fraction of sp³-hybridized carbons (Fsp3) is 0.417. The molecule has 7 nitrogen and oxygen atoms in total. The van der Waals surface area contributed by atoms with E-state index >= 15 is 0 Å². The third kappa shape index (κ3) is 6.51. The molecule has 2 N–H and O–H groups in total. The number of benzene rings is 2. The Morgan fingerprint density at radius 1 is 1.06 bits per heavy atom. The summed E-state index contributed by atoms with van der Waals surface area (Å²) in [6.07, 6.45) is 2.50. The van der Waals surface area contributed by atoms with E-state index in [4.69, 9.17) is 14.5 Å². The molecule has 4 rings (SSSR count). The number of hydrogen-bond acceptors (Lipinski definition) is 4. The first-order valence-electron chi connectivity index (χ1n) is 11.0. The number of guanidine groups is 1. The first-order chi connectivity index (χ1) is 15.2. The smallest absolute Gasteiger partial charge is 0.231 e. The number of carbonyl (C=O) groups is 1. The molecule has 1 saturated heterocycles. The van der Waals surface area contributed by atoms with Gasteiger partial charge in [0.15, 0.2) is 17.5 Å². The van der Waals surface area contributed by atoms with Crippen molar-refractivity contribution in [3.63, 3.8) is 0 Å². The van der Waals surface area contributed by atoms with E-state index in [2.05, 4.69) is 41.8 Å². The second kappa shape index (κ2) is 11.9. The number of hydrogen-bond donors (Lipinski definition) is 2. The average Bonchev–Trinajstić information content (AvgIpc) is 3.41. The highest BCUT2D eigenvalue weighted by Gasteiger charge is 2.20. The lowest BCUT2D eigenvalue weighted by Crippen LogP contribution is -2.38. The molecule has 0 atom stereocenters. The van der Waals surface area contributed by atoms with Gasteiger partial charge in [0, 0.05) is 32.6 Å². The Morgan fingerprint density at radius 2 is 1.91 bits per heavy atom. The molecule has 0 unspecified atom stereocenters. The van der Waals surface area contributed by atoms with Crippen molar-refractivity contribution in [1.29, 1.82) is 0 Å². The van der Waals surface area contributed by atoms with Crippen LogP contribution in [-0.2, 0) is 24.3 Å². The third-order valence-electron chi connectivity index (χ3n) is 5.44. The van der Waals surface area contributed by atoms with Gasteiger partial charge in [-0.05, 0) is 48.6 Å². The van der Waals surface area contributed by atoms with E-state index in [-0.39, 0.29) is 29.9 Å². The lowest BCUT2D eigenvalue weighted by Gasteiger charge is -2.16. The fourth-order valence-electron chi connectivity index (χ4n) is 3.85. The molecule has 32 heavy (non-hydrogen) atoms. The Balaban J connectivity index is 0.00000289. The van der Waals surface area contributed by atoms with Crippen molar-refractivity contribution in [1.82, 2.24) is 15.5 Å². The Morgan fingerprint density at radius 3 is 2.72 bits per heavy atom. The Kier molecular flexibility index (Phi) is 9.01. The summed E-state index contributed by atoms with van der Waals surface area (Å²) in [5.74, 6) is 2.67. The van der Waals surface area contributed by atoms with E-state index in [9.17, 15) is 4.79 Å². The van der Waals surface area contributed by atoms with Gasteiger partial charge in [-0.3, -0.25) is 4.79 Å². The molecule has 0 radical (unpaired) electrons. The van der Waals surface area contributed by atoms with Gasteiger partial charge in [0.25, 0.3) is 0 Å². The van der Waals surface area contributed by atoms with Crippen LogP contribution in [-0.4, -0.2) is 43.2 Å². The zero-order valence-electron chi connectivity index (χ0n) is 18.4. The Bertz CT molecular complexity index is 951. The van der Waals surface area contributed by atoms with Crippen LogP contribution in [0, 0.1) is 0 Å². The topological polar surface area (TPSA) is 75.2 Å². The molecular weight excluding hydrogens is 519 g/mol. The van der Waals surface area contributed by atoms with E-state index in [1.165, 1.54) is 5.56 Å². The molecule has 8 heteroatoms. The maximum atomic E-state index is 11.9. The molecule has 2 heterocycles. The predicted octanol–water partition coefficient (Wildman–Crippen LogP) is 3.45. The summed E-state index contributed by atoms with van der Waals surface area (Å²) in [5.41, 5.74) is 3.48. The van der Waals surface area contributed by atoms with Crippen LogP contribution in [0.4, 0.5) is 0 Å². The first kappa shape index (κ1) is 24.2. The summed E-state index contributed by atoms with van der Waals surface area (Å²) in [7, 11) is 0. The number of rotatable bonds is 8. The van der Waals surface area contributed by atoms with Crippen LogP contribution in [0.5, 0.6) is 11.5 Å². The summed E-state index contributed by atoms with van der Waals surface area (Å²) in [6.45, 7) is 6.05. The summed E-state index contributed by atoms with van der Waals surface area (Å²) in [6, 6.07) is 14.4. The van der Waals surface area contributed by atoms with Crippen LogP contribution < -0.4 is 20.1 Å². The van der Waals surface area contributed by atoms with Crippen LogP contribution >= 0.6 is 24.0 Å². The highest BCUT2D eigenvalue weighted by molar-refractivity contribution is 14.0. The quantitative estimate of drug-likeness (QED) is 0.299. The molecular formula is C24H31IN4O3. The van der Waals surface area contributed by atoms with Gasteiger partial charge in [-0.25, -0.2) is 4.99 Å². The molecule has 0 spiro atoms. The van der Waals surface area contributed by atoms with Crippen LogP contribution in [0.15, 0.2) is 47.5 Å². The number of aliphatic imine (C=N–C) groups is 1. The van der Waals surface area contributed by atoms with Crippen LogP contribution in [0.2, 0.25) is 0 Å². The van der Waals surface area contributed by atoms with Gasteiger partial charge >= 0.3 is 0 Å². The number of ether oxygens (including phenoxy) is 2. The van der Waals surface area contributed by atoms with Crippen molar-refractivity contribution in [3.8, 4) is 11.5 Å². The lowest BCUT2D eigenvalue weighted by atomic mass is 10.1. The van der Waals surface area contributed by atoms with Crippen molar-refractivity contribution < 1.29 is 14.3 Å². The number of carbonyl (C=O) groups excluding carboxylic acids is 1. The molecule has 2 aromatic carbocycles. The molecule has 2 aromatic rings. The number of likely N-dealkylation sites (tertiary alicyclic amines) is 1. The van der Waals surface area contributed by atoms with Crippen molar-refractivity contribution >= 4 is 35.8 Å². The molecule has 1 amide bonds. The number of nitrogens with zero attached hydrogens (tertiary/aromatic N) is 2. The Labute approximate surface area is 206 Å². The minimum Gasteiger partial charge on any atom is -0.454 e. The van der Waals surface area contributed by atoms with Gasteiger partial charge in [0.1, 0.15) is 0 Å². The molecule has 0 aromatic heterocycles. The molecule has 2 aliphatic heterocycles. The van der Waals surface area contributed by atoms with Gasteiger partial charge in [0.05, 0.1) is 6.54 Å². The highest BCUT2D eigenvalue weighted by Crippen LogP contribution is 2.32. The zero-order valence-corrected chi connectivity index (χ0v) is 20.8. The van der Waals surface area contributed by atoms with E-state index < -0.39 is 0 Å². The van der Waals surface area contributed by atoms with E-state index in [1.807, 2.05) is 23.1 Å². The largest absolute Gasteiger partial charge is 0.454 e. The highest BCUT2D eigenvalue weighted by atomic mass is 127. The van der Waals surface area contributed by atoms with Crippen LogP contribution in [0.25, 0.3) is 0 Å². The maximum Gasteiger partial charge on any atom is 0.231 e. The minimum atomic E-state index is 0. The first-order valence-corrected chi connectivity index (χ1v) is 11.0. The minimum absolute atomic E-state index is 0. The number of halogens is 1. The number of fused-ring (bicyclic) bond motifs is 1. The van der Waals surface area contributed by atoms with Crippen molar-refractivity contribution in [2.45, 2.75) is 39.3 Å². The standard InChI is InChI=1S/C24H30N4O3.HI/c1-2-25-24(26-11-10-18-8-9-21-22(14-18)31-17-30-21)27-15-19-5-3-6-20(13-19)16-28-12-4-7-23(28)29;/h3,5-6,8-9,13-14H,2,4,7,10-12,15-17H2,1H3,(H2,25,26,27);1H. The summed E-state index contributed by atoms with van der Waals surface area (Å²) in [4.78, 5) is 18.5. The van der Waals surface area contributed by atoms with Gasteiger partial charge in [-0.1, -0.05) is 30.3 Å². The van der Waals surface area contributed by atoms with Crippen molar-refractivity contribution in [2.24, 2.45) is 4.99 Å². The molecule has 0 bridgehead atoms. The van der Waals surface area contributed by atoms with Gasteiger partial charge in [0.2, 0.25) is 12.7 Å². The summed E-state index contributed by atoms with van der Waals surface area (Å²) >= 11 is 0. The summed E-state index contributed by atoms with van der Waals surface area (Å²) < 4.78 is 10.8. The van der Waals surface area contributed by atoms with Crippen molar-refractivity contribution in [3.05, 3.63) is 59.2 Å². The SMILES string of the molecule is CCNC(=NCc1cccc(CN2CCCC2=O)c1)NCCc1ccc2c(c1)OCO2.I. The normalized spacial score (nSPS) is 15.0. The van der Waals surface area contributed by atoms with Crippen LogP contribution in [0.1, 0.15) is 36.5 Å². The monoisotopic (exact) mass is 550 g/mol. The van der Waals surface area contributed by atoms with E-state index in [1.54, 1.807) is 0 Å². The van der Waals surface area contributed by atoms with Gasteiger partial charge in [-0.2, -0.15) is 0 Å². The number of amides is 1. The van der Waals surface area contributed by atoms with E-state index in [0.29, 0.717) is 26.3 Å². The van der Waals surface area contributed by atoms with Gasteiger partial charge in [-0.15, -0.1) is 24.0 Å². The maximum absolute atomic E-state index is 11.9. The Hall–Kier alpha value is -2.49. The zero-order chi connectivity index (χ0) is 21.5. The molecule has 2 aliphatic rings. The van der Waals surface area contributed by atoms with Crippen LogP contribution in [0.3, 0.4) is 0 Å². The fourth-order valence-corrected chi connectivity index (χ4v) is 3.85. The third-order valence-corrected chi connectivity index (χ3v) is 5.44. The predicted molar refractivity (Wildman–Crippen MR) is 136 cm³/mol. The molecule has 0 aliphatic carbocycles.